The highest BCUT2D eigenvalue weighted by molar-refractivity contribution is 7.99. The van der Waals surface area contributed by atoms with Crippen molar-refractivity contribution in [2.45, 2.75) is 81.8 Å². The minimum absolute atomic E-state index is 0.135. The molecule has 0 aromatic rings. The molecule has 0 aromatic carbocycles. The van der Waals surface area contributed by atoms with Gasteiger partial charge in [0.05, 0.1) is 11.7 Å². The molecule has 108 valence electrons. The Kier molecular flexibility index (Phi) is 3.82. The topological polar surface area (TPSA) is 32.3 Å². The fourth-order valence-electron chi connectivity index (χ4n) is 3.82. The molecule has 3 aliphatic rings. The molecule has 1 spiro atoms. The van der Waals surface area contributed by atoms with Crippen LogP contribution >= 0.6 is 11.8 Å². The Bertz CT molecular complexity index is 356. The second-order valence-electron chi connectivity index (χ2n) is 6.24. The van der Waals surface area contributed by atoms with Crippen LogP contribution in [-0.4, -0.2) is 39.6 Å². The van der Waals surface area contributed by atoms with Gasteiger partial charge in [0, 0.05) is 11.3 Å². The van der Waals surface area contributed by atoms with Crippen LogP contribution in [0.3, 0.4) is 0 Å². The van der Waals surface area contributed by atoms with Crippen molar-refractivity contribution in [2.75, 3.05) is 5.75 Å². The lowest BCUT2D eigenvalue weighted by molar-refractivity contribution is -0.132. The van der Waals surface area contributed by atoms with Crippen LogP contribution in [0.5, 0.6) is 0 Å². The maximum Gasteiger partial charge on any atom is 0.244 e. The van der Waals surface area contributed by atoms with E-state index in [4.69, 9.17) is 0 Å². The van der Waals surface area contributed by atoms with E-state index in [-0.39, 0.29) is 5.54 Å². The first-order valence-electron chi connectivity index (χ1n) is 7.94. The summed E-state index contributed by atoms with van der Waals surface area (Å²) in [6.07, 6.45) is 8.46. The van der Waals surface area contributed by atoms with E-state index in [1.54, 1.807) is 0 Å². The highest BCUT2D eigenvalue weighted by Crippen LogP contribution is 2.46. The molecule has 4 heteroatoms. The lowest BCUT2D eigenvalue weighted by atomic mass is 10.1. The van der Waals surface area contributed by atoms with Gasteiger partial charge in [-0.25, -0.2) is 0 Å². The molecule has 1 heterocycles. The van der Waals surface area contributed by atoms with Gasteiger partial charge in [-0.15, -0.1) is 0 Å². The van der Waals surface area contributed by atoms with Gasteiger partial charge in [0.15, 0.2) is 0 Å². The van der Waals surface area contributed by atoms with Gasteiger partial charge in [-0.1, -0.05) is 26.7 Å². The Hall–Kier alpha value is -0.220. The predicted octanol–water partition coefficient (Wildman–Crippen LogP) is 2.75. The summed E-state index contributed by atoms with van der Waals surface area (Å²) in [6, 6.07) is 0.487. The molecule has 2 aliphatic carbocycles. The van der Waals surface area contributed by atoms with Crippen LogP contribution in [-0.2, 0) is 4.79 Å². The van der Waals surface area contributed by atoms with E-state index in [9.17, 15) is 4.79 Å². The second kappa shape index (κ2) is 5.28. The molecule has 0 bridgehead atoms. The number of amides is 1. The van der Waals surface area contributed by atoms with Gasteiger partial charge in [0.25, 0.3) is 0 Å². The van der Waals surface area contributed by atoms with E-state index in [2.05, 4.69) is 35.8 Å². The normalized spacial score (nSPS) is 36.4. The molecule has 19 heavy (non-hydrogen) atoms. The first-order valence-corrected chi connectivity index (χ1v) is 8.99. The largest absolute Gasteiger partial charge is 0.321 e. The lowest BCUT2D eigenvalue weighted by Gasteiger charge is -2.33. The summed E-state index contributed by atoms with van der Waals surface area (Å²) >= 11 is 2.05. The number of nitrogens with one attached hydrogen (secondary N) is 1. The van der Waals surface area contributed by atoms with Crippen molar-refractivity contribution in [1.82, 2.24) is 10.2 Å². The maximum absolute atomic E-state index is 12.8. The number of nitrogens with zero attached hydrogens (tertiary/aromatic N) is 1. The lowest BCUT2D eigenvalue weighted by Crippen LogP contribution is -2.47. The van der Waals surface area contributed by atoms with Gasteiger partial charge in [-0.2, -0.15) is 11.8 Å². The van der Waals surface area contributed by atoms with Gasteiger partial charge < -0.3 is 4.90 Å². The highest BCUT2D eigenvalue weighted by Gasteiger charge is 2.60. The molecule has 3 rings (SSSR count). The fourth-order valence-corrected chi connectivity index (χ4v) is 5.07. The molecular weight excluding hydrogens is 256 g/mol. The molecule has 2 saturated carbocycles. The average Bonchev–Trinajstić information content (AvgIpc) is 2.95. The van der Waals surface area contributed by atoms with Crippen molar-refractivity contribution in [1.29, 1.82) is 0 Å². The van der Waals surface area contributed by atoms with Crippen molar-refractivity contribution < 1.29 is 4.79 Å². The Morgan fingerprint density at radius 3 is 2.79 bits per heavy atom. The third kappa shape index (κ3) is 2.31. The van der Waals surface area contributed by atoms with Gasteiger partial charge in [-0.05, 0) is 37.9 Å². The number of carbonyl (C=O) groups is 1. The molecular formula is C15H26N2OS. The Balaban J connectivity index is 1.78. The summed E-state index contributed by atoms with van der Waals surface area (Å²) in [6.45, 7) is 4.45. The molecule has 1 saturated heterocycles. The van der Waals surface area contributed by atoms with Crippen LogP contribution in [0.4, 0.5) is 0 Å². The van der Waals surface area contributed by atoms with E-state index >= 15 is 0 Å². The zero-order valence-electron chi connectivity index (χ0n) is 12.2. The molecule has 0 radical (unpaired) electrons. The van der Waals surface area contributed by atoms with Crippen LogP contribution in [0, 0.1) is 0 Å². The molecule has 3 unspecified atom stereocenters. The Morgan fingerprint density at radius 1 is 1.37 bits per heavy atom. The van der Waals surface area contributed by atoms with E-state index in [1.807, 2.05) is 0 Å². The van der Waals surface area contributed by atoms with E-state index < -0.39 is 0 Å². The van der Waals surface area contributed by atoms with Crippen molar-refractivity contribution >= 4 is 17.7 Å². The van der Waals surface area contributed by atoms with Gasteiger partial charge in [0.2, 0.25) is 5.91 Å². The van der Waals surface area contributed by atoms with Crippen molar-refractivity contribution in [3.8, 4) is 0 Å². The number of carbonyl (C=O) groups excluding carboxylic acids is 1. The summed E-state index contributed by atoms with van der Waals surface area (Å²) in [5, 5.41) is 4.32. The van der Waals surface area contributed by atoms with E-state index in [0.29, 0.717) is 23.4 Å². The van der Waals surface area contributed by atoms with Crippen LogP contribution in [0.1, 0.15) is 58.8 Å². The van der Waals surface area contributed by atoms with Crippen LogP contribution in [0.2, 0.25) is 0 Å². The fraction of sp³-hybridized carbons (Fsp3) is 0.933. The number of hydrogen-bond donors (Lipinski definition) is 1. The summed E-state index contributed by atoms with van der Waals surface area (Å²) in [4.78, 5) is 15.0. The van der Waals surface area contributed by atoms with Gasteiger partial charge >= 0.3 is 0 Å². The molecule has 1 aliphatic heterocycles. The Labute approximate surface area is 120 Å². The minimum Gasteiger partial charge on any atom is -0.321 e. The molecule has 1 amide bonds. The van der Waals surface area contributed by atoms with Crippen molar-refractivity contribution in [3.63, 3.8) is 0 Å². The Morgan fingerprint density at radius 2 is 2.16 bits per heavy atom. The first kappa shape index (κ1) is 13.7. The van der Waals surface area contributed by atoms with E-state index in [0.717, 1.165) is 25.7 Å². The summed E-state index contributed by atoms with van der Waals surface area (Å²) in [5.41, 5.74) is -0.135. The summed E-state index contributed by atoms with van der Waals surface area (Å²) in [5.74, 6) is 1.58. The summed E-state index contributed by atoms with van der Waals surface area (Å²) in [7, 11) is 0. The number of rotatable bonds is 5. The zero-order chi connectivity index (χ0) is 13.5. The van der Waals surface area contributed by atoms with Crippen LogP contribution < -0.4 is 5.32 Å². The van der Waals surface area contributed by atoms with Gasteiger partial charge in [-0.3, -0.25) is 10.1 Å². The molecule has 3 atom stereocenters. The first-order chi connectivity index (χ1) is 9.22. The van der Waals surface area contributed by atoms with Crippen molar-refractivity contribution in [2.24, 2.45) is 0 Å². The van der Waals surface area contributed by atoms with Crippen LogP contribution in [0.15, 0.2) is 0 Å². The van der Waals surface area contributed by atoms with Gasteiger partial charge in [0.1, 0.15) is 0 Å². The third-order valence-corrected chi connectivity index (χ3v) is 6.20. The SMILES string of the molecule is CCCC1NC2(CC2)C(=O)N1C1CCCC1SCC. The van der Waals surface area contributed by atoms with Crippen LogP contribution in [0.25, 0.3) is 0 Å². The minimum atomic E-state index is -0.135. The predicted molar refractivity (Wildman–Crippen MR) is 80.2 cm³/mol. The molecule has 0 aromatic heterocycles. The highest BCUT2D eigenvalue weighted by atomic mass is 32.2. The standard InChI is InChI=1S/C15H26N2OS/c1-3-6-13-16-15(9-10-15)14(18)17(13)11-7-5-8-12(11)19-4-2/h11-13,16H,3-10H2,1-2H3. The van der Waals surface area contributed by atoms with E-state index in [1.165, 1.54) is 25.0 Å². The molecule has 3 fully saturated rings. The monoisotopic (exact) mass is 282 g/mol. The third-order valence-electron chi connectivity index (χ3n) is 4.89. The maximum atomic E-state index is 12.8. The molecule has 1 N–H and O–H groups in total. The summed E-state index contributed by atoms with van der Waals surface area (Å²) < 4.78 is 0. The smallest absolute Gasteiger partial charge is 0.244 e. The average molecular weight is 282 g/mol. The van der Waals surface area contributed by atoms with Crippen molar-refractivity contribution in [3.05, 3.63) is 0 Å². The molecule has 3 nitrogen and oxygen atoms in total. The number of hydrogen-bond acceptors (Lipinski definition) is 3. The number of thioether (sulfide) groups is 1. The second-order valence-corrected chi connectivity index (χ2v) is 7.75. The zero-order valence-corrected chi connectivity index (χ0v) is 13.0. The quantitative estimate of drug-likeness (QED) is 0.841.